The number of benzene rings is 2. The van der Waals surface area contributed by atoms with Gasteiger partial charge in [0.1, 0.15) is 0 Å². The summed E-state index contributed by atoms with van der Waals surface area (Å²) in [6.07, 6.45) is -4.34. The minimum Gasteiger partial charge on any atom is -0.369 e. The number of halogens is 4. The molecule has 9 heteroatoms. The van der Waals surface area contributed by atoms with Gasteiger partial charge in [-0.05, 0) is 30.3 Å². The zero-order valence-corrected chi connectivity index (χ0v) is 16.1. The van der Waals surface area contributed by atoms with Crippen LogP contribution in [0.3, 0.4) is 0 Å². The molecule has 0 amide bonds. The Kier molecular flexibility index (Phi) is 5.47. The number of hydrogen-bond donors (Lipinski definition) is 0. The van der Waals surface area contributed by atoms with Crippen LogP contribution in [0.5, 0.6) is 0 Å². The van der Waals surface area contributed by atoms with Crippen molar-refractivity contribution in [3.63, 3.8) is 0 Å². The Labute approximate surface area is 170 Å². The minimum atomic E-state index is -4.34. The number of rotatable bonds is 4. The van der Waals surface area contributed by atoms with Crippen molar-refractivity contribution in [3.05, 3.63) is 65.0 Å². The molecular formula is C20H18ClF3N4O. The number of piperazine rings is 1. The third kappa shape index (κ3) is 4.71. The van der Waals surface area contributed by atoms with Gasteiger partial charge >= 0.3 is 6.18 Å². The molecule has 3 aromatic rings. The lowest BCUT2D eigenvalue weighted by atomic mass is 10.1. The predicted octanol–water partition coefficient (Wildman–Crippen LogP) is 4.73. The van der Waals surface area contributed by atoms with Gasteiger partial charge in [0.2, 0.25) is 11.7 Å². The molecule has 1 aromatic heterocycles. The molecule has 1 aliphatic rings. The van der Waals surface area contributed by atoms with Crippen molar-refractivity contribution in [1.82, 2.24) is 15.0 Å². The third-order valence-electron chi connectivity index (χ3n) is 4.82. The van der Waals surface area contributed by atoms with Crippen LogP contribution in [-0.2, 0) is 12.7 Å². The Morgan fingerprint density at radius 3 is 2.48 bits per heavy atom. The van der Waals surface area contributed by atoms with Gasteiger partial charge in [-0.1, -0.05) is 35.0 Å². The first-order valence-corrected chi connectivity index (χ1v) is 9.49. The molecule has 0 spiro atoms. The van der Waals surface area contributed by atoms with E-state index in [1.165, 1.54) is 12.1 Å². The van der Waals surface area contributed by atoms with Crippen LogP contribution in [0.4, 0.5) is 18.9 Å². The van der Waals surface area contributed by atoms with Gasteiger partial charge in [-0.3, -0.25) is 4.90 Å². The van der Waals surface area contributed by atoms with E-state index >= 15 is 0 Å². The summed E-state index contributed by atoms with van der Waals surface area (Å²) in [5.41, 5.74) is 0.735. The highest BCUT2D eigenvalue weighted by Crippen LogP contribution is 2.32. The Bertz CT molecular complexity index is 984. The van der Waals surface area contributed by atoms with Gasteiger partial charge < -0.3 is 9.42 Å². The zero-order valence-electron chi connectivity index (χ0n) is 15.4. The quantitative estimate of drug-likeness (QED) is 0.608. The average Bonchev–Trinajstić information content (AvgIpc) is 3.17. The lowest BCUT2D eigenvalue weighted by molar-refractivity contribution is -0.137. The van der Waals surface area contributed by atoms with Gasteiger partial charge in [-0.25, -0.2) is 0 Å². The molecule has 0 radical (unpaired) electrons. The van der Waals surface area contributed by atoms with E-state index in [1.54, 1.807) is 18.2 Å². The summed E-state index contributed by atoms with van der Waals surface area (Å²) >= 11 is 5.99. The molecule has 2 aromatic carbocycles. The molecule has 5 nitrogen and oxygen atoms in total. The third-order valence-corrected chi connectivity index (χ3v) is 5.06. The SMILES string of the molecule is FC(F)(F)c1cccc(N2CCN(Cc3nc(-c4cccc(Cl)c4)no3)CC2)c1. The van der Waals surface area contributed by atoms with Crippen molar-refractivity contribution in [3.8, 4) is 11.4 Å². The molecule has 29 heavy (non-hydrogen) atoms. The van der Waals surface area contributed by atoms with Crippen LogP contribution in [0.1, 0.15) is 11.5 Å². The number of aromatic nitrogens is 2. The smallest absolute Gasteiger partial charge is 0.369 e. The molecule has 0 bridgehead atoms. The maximum atomic E-state index is 12.9. The largest absolute Gasteiger partial charge is 0.416 e. The predicted molar refractivity (Wildman–Crippen MR) is 104 cm³/mol. The Morgan fingerprint density at radius 2 is 1.76 bits per heavy atom. The first kappa shape index (κ1) is 19.7. The van der Waals surface area contributed by atoms with Gasteiger partial charge in [-0.15, -0.1) is 0 Å². The van der Waals surface area contributed by atoms with E-state index in [2.05, 4.69) is 15.0 Å². The number of anilines is 1. The Hall–Kier alpha value is -2.58. The summed E-state index contributed by atoms with van der Waals surface area (Å²) in [4.78, 5) is 8.51. The van der Waals surface area contributed by atoms with Crippen molar-refractivity contribution >= 4 is 17.3 Å². The van der Waals surface area contributed by atoms with E-state index < -0.39 is 11.7 Å². The highest BCUT2D eigenvalue weighted by atomic mass is 35.5. The van der Waals surface area contributed by atoms with Crippen LogP contribution in [-0.4, -0.2) is 41.2 Å². The van der Waals surface area contributed by atoms with Crippen LogP contribution in [0.25, 0.3) is 11.4 Å². The summed E-state index contributed by atoms with van der Waals surface area (Å²) in [6, 6.07) is 12.7. The number of hydrogen-bond acceptors (Lipinski definition) is 5. The Morgan fingerprint density at radius 1 is 1.00 bits per heavy atom. The Balaban J connectivity index is 1.36. The van der Waals surface area contributed by atoms with Crippen LogP contribution < -0.4 is 4.90 Å². The molecule has 0 unspecified atom stereocenters. The second-order valence-electron chi connectivity index (χ2n) is 6.83. The van der Waals surface area contributed by atoms with E-state index in [0.29, 0.717) is 55.1 Å². The molecule has 152 valence electrons. The lowest BCUT2D eigenvalue weighted by Crippen LogP contribution is -2.46. The van der Waals surface area contributed by atoms with Crippen LogP contribution in [0.15, 0.2) is 53.1 Å². The molecule has 1 aliphatic heterocycles. The van der Waals surface area contributed by atoms with Crippen molar-refractivity contribution < 1.29 is 17.7 Å². The fourth-order valence-corrected chi connectivity index (χ4v) is 3.49. The van der Waals surface area contributed by atoms with Crippen molar-refractivity contribution in [2.75, 3.05) is 31.1 Å². The normalized spacial score (nSPS) is 15.7. The van der Waals surface area contributed by atoms with E-state index in [0.717, 1.165) is 11.6 Å². The first-order valence-electron chi connectivity index (χ1n) is 9.11. The number of nitrogens with zero attached hydrogens (tertiary/aromatic N) is 4. The molecule has 0 atom stereocenters. The lowest BCUT2D eigenvalue weighted by Gasteiger charge is -2.35. The molecule has 1 saturated heterocycles. The number of alkyl halides is 3. The monoisotopic (exact) mass is 422 g/mol. The van der Waals surface area contributed by atoms with Gasteiger partial charge in [0, 0.05) is 42.5 Å². The summed E-state index contributed by atoms with van der Waals surface area (Å²) in [7, 11) is 0. The van der Waals surface area contributed by atoms with Crippen LogP contribution in [0.2, 0.25) is 5.02 Å². The molecular weight excluding hydrogens is 405 g/mol. The average molecular weight is 423 g/mol. The van der Waals surface area contributed by atoms with Crippen molar-refractivity contribution in [1.29, 1.82) is 0 Å². The van der Waals surface area contributed by atoms with E-state index in [-0.39, 0.29) is 0 Å². The van der Waals surface area contributed by atoms with E-state index in [1.807, 2.05) is 17.0 Å². The second-order valence-corrected chi connectivity index (χ2v) is 7.27. The van der Waals surface area contributed by atoms with Gasteiger partial charge in [0.25, 0.3) is 0 Å². The summed E-state index contributed by atoms with van der Waals surface area (Å²) in [5.74, 6) is 0.970. The highest BCUT2D eigenvalue weighted by molar-refractivity contribution is 6.30. The molecule has 2 heterocycles. The second kappa shape index (κ2) is 8.04. The van der Waals surface area contributed by atoms with Crippen LogP contribution in [0, 0.1) is 0 Å². The van der Waals surface area contributed by atoms with Gasteiger partial charge in [0.05, 0.1) is 12.1 Å². The fourth-order valence-electron chi connectivity index (χ4n) is 3.30. The van der Waals surface area contributed by atoms with Gasteiger partial charge in [0.15, 0.2) is 0 Å². The van der Waals surface area contributed by atoms with Gasteiger partial charge in [-0.2, -0.15) is 18.2 Å². The summed E-state index contributed by atoms with van der Waals surface area (Å²) < 4.78 is 44.1. The highest BCUT2D eigenvalue weighted by Gasteiger charge is 2.31. The minimum absolute atomic E-state index is 0.477. The van der Waals surface area contributed by atoms with E-state index in [9.17, 15) is 13.2 Å². The molecule has 0 aliphatic carbocycles. The standard InChI is InChI=1S/C20H18ClF3N4O/c21-16-5-1-3-14(11-16)19-25-18(29-26-19)13-27-7-9-28(10-8-27)17-6-2-4-15(12-17)20(22,23)24/h1-6,11-12H,7-10,13H2. The summed E-state index contributed by atoms with van der Waals surface area (Å²) in [6.45, 7) is 3.10. The van der Waals surface area contributed by atoms with Crippen LogP contribution >= 0.6 is 11.6 Å². The molecule has 4 rings (SSSR count). The zero-order chi connectivity index (χ0) is 20.4. The first-order chi connectivity index (χ1) is 13.9. The fraction of sp³-hybridized carbons (Fsp3) is 0.300. The molecule has 0 N–H and O–H groups in total. The maximum absolute atomic E-state index is 12.9. The van der Waals surface area contributed by atoms with Crippen molar-refractivity contribution in [2.45, 2.75) is 12.7 Å². The molecule has 0 saturated carbocycles. The topological polar surface area (TPSA) is 45.4 Å². The molecule has 1 fully saturated rings. The maximum Gasteiger partial charge on any atom is 0.416 e. The van der Waals surface area contributed by atoms with E-state index in [4.69, 9.17) is 16.1 Å². The summed E-state index contributed by atoms with van der Waals surface area (Å²) in [5, 5.41) is 4.60. The van der Waals surface area contributed by atoms with Crippen molar-refractivity contribution in [2.24, 2.45) is 0 Å².